The Bertz CT molecular complexity index is 407. The zero-order chi connectivity index (χ0) is 12.8. The van der Waals surface area contributed by atoms with Crippen LogP contribution in [0.1, 0.15) is 18.9 Å². The highest BCUT2D eigenvalue weighted by molar-refractivity contribution is 5.99. The topological polar surface area (TPSA) is 46.3 Å². The molecule has 0 aliphatic carbocycles. The summed E-state index contributed by atoms with van der Waals surface area (Å²) in [5.74, 6) is -0.345. The lowest BCUT2D eigenvalue weighted by Gasteiger charge is -2.14. The summed E-state index contributed by atoms with van der Waals surface area (Å²) < 4.78 is 0. The van der Waals surface area contributed by atoms with Crippen LogP contribution in [0, 0.1) is 0 Å². The van der Waals surface area contributed by atoms with Crippen LogP contribution in [0.25, 0.3) is 5.57 Å². The largest absolute Gasteiger partial charge is 0.366 e. The Morgan fingerprint density at radius 2 is 1.82 bits per heavy atom. The minimum atomic E-state index is -0.345. The van der Waals surface area contributed by atoms with E-state index in [0.29, 0.717) is 5.57 Å². The Kier molecular flexibility index (Phi) is 4.91. The van der Waals surface area contributed by atoms with Gasteiger partial charge in [-0.15, -0.1) is 0 Å². The first-order valence-electron chi connectivity index (χ1n) is 5.72. The number of carbonyl (C=O) groups excluding carboxylic acids is 1. The van der Waals surface area contributed by atoms with Crippen LogP contribution in [0.4, 0.5) is 0 Å². The second kappa shape index (κ2) is 6.21. The van der Waals surface area contributed by atoms with Gasteiger partial charge in [0, 0.05) is 12.1 Å². The molecule has 0 saturated carbocycles. The molecule has 2 N–H and O–H groups in total. The van der Waals surface area contributed by atoms with Gasteiger partial charge in [-0.1, -0.05) is 30.3 Å². The summed E-state index contributed by atoms with van der Waals surface area (Å²) in [6.07, 6.45) is 0.825. The summed E-state index contributed by atoms with van der Waals surface area (Å²) >= 11 is 0. The lowest BCUT2D eigenvalue weighted by molar-refractivity contribution is -0.114. The summed E-state index contributed by atoms with van der Waals surface area (Å²) in [5.41, 5.74) is 8.13. The van der Waals surface area contributed by atoms with Crippen LogP contribution in [0.5, 0.6) is 0 Å². The van der Waals surface area contributed by atoms with E-state index in [9.17, 15) is 4.79 Å². The van der Waals surface area contributed by atoms with Gasteiger partial charge >= 0.3 is 0 Å². The first-order valence-corrected chi connectivity index (χ1v) is 5.72. The van der Waals surface area contributed by atoms with E-state index in [1.54, 1.807) is 6.92 Å². The number of amides is 1. The van der Waals surface area contributed by atoms with Gasteiger partial charge in [-0.2, -0.15) is 0 Å². The van der Waals surface area contributed by atoms with Crippen LogP contribution in [-0.4, -0.2) is 31.4 Å². The summed E-state index contributed by atoms with van der Waals surface area (Å²) in [6.45, 7) is 2.69. The van der Waals surface area contributed by atoms with Gasteiger partial charge in [0.2, 0.25) is 5.91 Å². The molecule has 0 unspecified atom stereocenters. The average Bonchev–Trinajstić information content (AvgIpc) is 2.30. The molecular weight excluding hydrogens is 212 g/mol. The third kappa shape index (κ3) is 4.04. The first kappa shape index (κ1) is 13.5. The molecule has 0 radical (unpaired) electrons. The Balaban J connectivity index is 3.04. The number of benzene rings is 1. The van der Waals surface area contributed by atoms with Crippen LogP contribution < -0.4 is 5.73 Å². The van der Waals surface area contributed by atoms with Crippen molar-refractivity contribution >= 4 is 11.5 Å². The maximum Gasteiger partial charge on any atom is 0.244 e. The highest BCUT2D eigenvalue weighted by atomic mass is 16.1. The number of primary amides is 1. The van der Waals surface area contributed by atoms with E-state index in [2.05, 4.69) is 4.90 Å². The van der Waals surface area contributed by atoms with E-state index in [-0.39, 0.29) is 5.91 Å². The third-order valence-corrected chi connectivity index (χ3v) is 2.75. The maximum atomic E-state index is 11.3. The fourth-order valence-electron chi connectivity index (χ4n) is 1.67. The van der Waals surface area contributed by atoms with Gasteiger partial charge in [0.15, 0.2) is 0 Å². The standard InChI is InChI=1S/C14H20N2O/c1-11(14(15)17)13(9-10-16(2)3)12-7-5-4-6-8-12/h4-8H,9-10H2,1-3H3,(H2,15,17). The predicted molar refractivity (Wildman–Crippen MR) is 71.4 cm³/mol. The zero-order valence-electron chi connectivity index (χ0n) is 10.7. The van der Waals surface area contributed by atoms with E-state index in [1.165, 1.54) is 0 Å². The van der Waals surface area contributed by atoms with E-state index >= 15 is 0 Å². The molecule has 0 aliphatic heterocycles. The third-order valence-electron chi connectivity index (χ3n) is 2.75. The molecule has 0 aliphatic rings. The molecule has 0 bridgehead atoms. The summed E-state index contributed by atoms with van der Waals surface area (Å²) in [7, 11) is 4.03. The number of rotatable bonds is 5. The highest BCUT2D eigenvalue weighted by Crippen LogP contribution is 2.22. The molecule has 17 heavy (non-hydrogen) atoms. The molecule has 1 aromatic carbocycles. The van der Waals surface area contributed by atoms with Crippen molar-refractivity contribution in [2.45, 2.75) is 13.3 Å². The van der Waals surface area contributed by atoms with Crippen molar-refractivity contribution in [2.75, 3.05) is 20.6 Å². The van der Waals surface area contributed by atoms with Crippen molar-refractivity contribution in [2.24, 2.45) is 5.73 Å². The monoisotopic (exact) mass is 232 g/mol. The van der Waals surface area contributed by atoms with Crippen molar-refractivity contribution in [1.82, 2.24) is 4.90 Å². The van der Waals surface area contributed by atoms with Crippen molar-refractivity contribution in [3.8, 4) is 0 Å². The Morgan fingerprint density at radius 1 is 1.24 bits per heavy atom. The predicted octanol–water partition coefficient (Wildman–Crippen LogP) is 1.90. The second-order valence-corrected chi connectivity index (χ2v) is 4.39. The molecule has 3 nitrogen and oxygen atoms in total. The fourth-order valence-corrected chi connectivity index (χ4v) is 1.67. The van der Waals surface area contributed by atoms with E-state index < -0.39 is 0 Å². The van der Waals surface area contributed by atoms with Crippen LogP contribution >= 0.6 is 0 Å². The second-order valence-electron chi connectivity index (χ2n) is 4.39. The minimum Gasteiger partial charge on any atom is -0.366 e. The molecule has 92 valence electrons. The van der Waals surface area contributed by atoms with Gasteiger partial charge in [-0.25, -0.2) is 0 Å². The molecule has 0 saturated heterocycles. The number of nitrogens with two attached hydrogens (primary N) is 1. The van der Waals surface area contributed by atoms with Crippen LogP contribution in [-0.2, 0) is 4.79 Å². The van der Waals surface area contributed by atoms with Crippen molar-refractivity contribution in [1.29, 1.82) is 0 Å². The molecule has 0 heterocycles. The maximum absolute atomic E-state index is 11.3. The highest BCUT2D eigenvalue weighted by Gasteiger charge is 2.10. The summed E-state index contributed by atoms with van der Waals surface area (Å²) in [5, 5.41) is 0. The van der Waals surface area contributed by atoms with Gasteiger partial charge < -0.3 is 10.6 Å². The molecule has 1 amide bonds. The molecule has 3 heteroatoms. The van der Waals surface area contributed by atoms with Crippen molar-refractivity contribution < 1.29 is 4.79 Å². The van der Waals surface area contributed by atoms with E-state index in [4.69, 9.17) is 5.73 Å². The minimum absolute atomic E-state index is 0.345. The number of hydrogen-bond donors (Lipinski definition) is 1. The van der Waals surface area contributed by atoms with Crippen molar-refractivity contribution in [3.05, 3.63) is 41.5 Å². The normalized spacial score (nSPS) is 12.5. The Labute approximate surface area is 103 Å². The number of nitrogens with zero attached hydrogens (tertiary/aromatic N) is 1. The first-order chi connectivity index (χ1) is 8.02. The van der Waals surface area contributed by atoms with Crippen LogP contribution in [0.3, 0.4) is 0 Å². The molecule has 0 spiro atoms. The van der Waals surface area contributed by atoms with Crippen molar-refractivity contribution in [3.63, 3.8) is 0 Å². The molecule has 0 atom stereocenters. The Morgan fingerprint density at radius 3 is 2.29 bits per heavy atom. The molecule has 0 aromatic heterocycles. The SMILES string of the molecule is CC(C(N)=O)=C(CCN(C)C)c1ccccc1. The van der Waals surface area contributed by atoms with Crippen LogP contribution in [0.15, 0.2) is 35.9 Å². The Hall–Kier alpha value is -1.61. The smallest absolute Gasteiger partial charge is 0.244 e. The van der Waals surface area contributed by atoms with Gasteiger partial charge in [0.05, 0.1) is 0 Å². The van der Waals surface area contributed by atoms with Crippen LogP contribution in [0.2, 0.25) is 0 Å². The molecule has 1 aromatic rings. The van der Waals surface area contributed by atoms with Gasteiger partial charge in [-0.3, -0.25) is 4.79 Å². The molecule has 0 fully saturated rings. The lowest BCUT2D eigenvalue weighted by Crippen LogP contribution is -2.17. The fraction of sp³-hybridized carbons (Fsp3) is 0.357. The molecule has 1 rings (SSSR count). The van der Waals surface area contributed by atoms with Gasteiger partial charge in [0.25, 0.3) is 0 Å². The van der Waals surface area contributed by atoms with Gasteiger partial charge in [-0.05, 0) is 38.6 Å². The molecular formula is C14H20N2O. The summed E-state index contributed by atoms with van der Waals surface area (Å²) in [4.78, 5) is 13.4. The quantitative estimate of drug-likeness (QED) is 0.788. The lowest BCUT2D eigenvalue weighted by atomic mass is 9.97. The summed E-state index contributed by atoms with van der Waals surface area (Å²) in [6, 6.07) is 9.93. The number of carbonyl (C=O) groups is 1. The average molecular weight is 232 g/mol. The zero-order valence-corrected chi connectivity index (χ0v) is 10.7. The van der Waals surface area contributed by atoms with E-state index in [1.807, 2.05) is 44.4 Å². The van der Waals surface area contributed by atoms with E-state index in [0.717, 1.165) is 24.1 Å². The number of hydrogen-bond acceptors (Lipinski definition) is 2. The van der Waals surface area contributed by atoms with Gasteiger partial charge in [0.1, 0.15) is 0 Å².